The molecule has 142 valence electrons. The van der Waals surface area contributed by atoms with E-state index in [1.54, 1.807) is 24.1 Å². The summed E-state index contributed by atoms with van der Waals surface area (Å²) in [6.07, 6.45) is 2.83. The van der Waals surface area contributed by atoms with Gasteiger partial charge in [0.15, 0.2) is 0 Å². The SMILES string of the molecule is Cn1c(=O)c2ccc(C(=O)N3CC=C(c4ccccc4)CC3)nc2n(C)c1=O. The molecule has 7 nitrogen and oxygen atoms in total. The highest BCUT2D eigenvalue weighted by atomic mass is 16.2. The summed E-state index contributed by atoms with van der Waals surface area (Å²) in [4.78, 5) is 43.3. The number of rotatable bonds is 2. The molecule has 0 atom stereocenters. The lowest BCUT2D eigenvalue weighted by atomic mass is 9.99. The number of hydrogen-bond acceptors (Lipinski definition) is 4. The normalized spacial score (nSPS) is 14.2. The van der Waals surface area contributed by atoms with E-state index in [0.29, 0.717) is 18.5 Å². The molecule has 0 fully saturated rings. The summed E-state index contributed by atoms with van der Waals surface area (Å²) in [6.45, 7) is 1.09. The molecule has 0 aliphatic carbocycles. The standard InChI is InChI=1S/C21H20N4O3/c1-23-18-16(19(26)24(2)21(23)28)8-9-17(22-18)20(27)25-12-10-15(11-13-25)14-6-4-3-5-7-14/h3-10H,11-13H2,1-2H3. The lowest BCUT2D eigenvalue weighted by Crippen LogP contribution is -2.38. The number of carbonyl (C=O) groups excluding carboxylic acids is 1. The predicted octanol–water partition coefficient (Wildman–Crippen LogP) is 1.56. The van der Waals surface area contributed by atoms with Crippen molar-refractivity contribution in [1.29, 1.82) is 0 Å². The molecule has 1 aliphatic rings. The number of nitrogens with zero attached hydrogens (tertiary/aromatic N) is 4. The van der Waals surface area contributed by atoms with Crippen LogP contribution in [0.4, 0.5) is 0 Å². The van der Waals surface area contributed by atoms with Crippen molar-refractivity contribution >= 4 is 22.5 Å². The van der Waals surface area contributed by atoms with Gasteiger partial charge in [-0.25, -0.2) is 9.78 Å². The van der Waals surface area contributed by atoms with Crippen LogP contribution >= 0.6 is 0 Å². The van der Waals surface area contributed by atoms with Gasteiger partial charge in [-0.1, -0.05) is 36.4 Å². The fourth-order valence-electron chi connectivity index (χ4n) is 3.50. The molecule has 0 bridgehead atoms. The van der Waals surface area contributed by atoms with E-state index >= 15 is 0 Å². The first kappa shape index (κ1) is 17.9. The van der Waals surface area contributed by atoms with E-state index in [4.69, 9.17) is 0 Å². The zero-order chi connectivity index (χ0) is 19.8. The van der Waals surface area contributed by atoms with E-state index in [0.717, 1.165) is 11.0 Å². The molecule has 28 heavy (non-hydrogen) atoms. The summed E-state index contributed by atoms with van der Waals surface area (Å²) in [5.74, 6) is -0.210. The van der Waals surface area contributed by atoms with Crippen LogP contribution < -0.4 is 11.2 Å². The summed E-state index contributed by atoms with van der Waals surface area (Å²) in [5, 5.41) is 0.311. The quantitative estimate of drug-likeness (QED) is 0.680. The third kappa shape index (κ3) is 2.94. The van der Waals surface area contributed by atoms with Gasteiger partial charge in [-0.3, -0.25) is 18.7 Å². The minimum atomic E-state index is -0.469. The number of benzene rings is 1. The molecular weight excluding hydrogens is 356 g/mol. The second-order valence-electron chi connectivity index (χ2n) is 6.87. The molecule has 7 heteroatoms. The average molecular weight is 376 g/mol. The largest absolute Gasteiger partial charge is 0.333 e. The van der Waals surface area contributed by atoms with Gasteiger partial charge < -0.3 is 4.90 Å². The zero-order valence-electron chi connectivity index (χ0n) is 15.8. The molecule has 0 N–H and O–H groups in total. The van der Waals surface area contributed by atoms with Crippen molar-refractivity contribution in [3.8, 4) is 0 Å². The molecule has 2 aromatic heterocycles. The van der Waals surface area contributed by atoms with E-state index in [1.165, 1.54) is 22.8 Å². The Balaban J connectivity index is 1.64. The van der Waals surface area contributed by atoms with Gasteiger partial charge in [0.2, 0.25) is 0 Å². The predicted molar refractivity (Wildman–Crippen MR) is 107 cm³/mol. The van der Waals surface area contributed by atoms with Gasteiger partial charge in [-0.15, -0.1) is 0 Å². The first-order valence-electron chi connectivity index (χ1n) is 9.08. The van der Waals surface area contributed by atoms with Crippen molar-refractivity contribution in [2.45, 2.75) is 6.42 Å². The summed E-state index contributed by atoms with van der Waals surface area (Å²) in [6, 6.07) is 13.2. The number of amides is 1. The Morgan fingerprint density at radius 3 is 2.43 bits per heavy atom. The molecule has 0 saturated heterocycles. The Bertz CT molecular complexity index is 1220. The molecule has 3 aromatic rings. The maximum Gasteiger partial charge on any atom is 0.332 e. The highest BCUT2D eigenvalue weighted by Gasteiger charge is 2.21. The number of carbonyl (C=O) groups is 1. The zero-order valence-corrected chi connectivity index (χ0v) is 15.8. The Labute approximate surface area is 161 Å². The minimum Gasteiger partial charge on any atom is -0.333 e. The Morgan fingerprint density at radius 2 is 1.75 bits per heavy atom. The third-order valence-corrected chi connectivity index (χ3v) is 5.16. The Kier molecular flexibility index (Phi) is 4.43. The van der Waals surface area contributed by atoms with E-state index in [-0.39, 0.29) is 17.2 Å². The number of pyridine rings is 1. The van der Waals surface area contributed by atoms with Gasteiger partial charge in [0.1, 0.15) is 11.3 Å². The summed E-state index contributed by atoms with van der Waals surface area (Å²) >= 11 is 0. The molecule has 4 rings (SSSR count). The molecule has 1 amide bonds. The van der Waals surface area contributed by atoms with E-state index in [9.17, 15) is 14.4 Å². The summed E-state index contributed by atoms with van der Waals surface area (Å²) in [7, 11) is 2.97. The fourth-order valence-corrected chi connectivity index (χ4v) is 3.50. The maximum atomic E-state index is 12.9. The lowest BCUT2D eigenvalue weighted by Gasteiger charge is -2.26. The molecular formula is C21H20N4O3. The molecule has 3 heterocycles. The van der Waals surface area contributed by atoms with Gasteiger partial charge in [-0.05, 0) is 29.7 Å². The molecule has 0 saturated carbocycles. The van der Waals surface area contributed by atoms with Gasteiger partial charge in [0.25, 0.3) is 11.5 Å². The van der Waals surface area contributed by atoms with Gasteiger partial charge in [-0.2, -0.15) is 0 Å². The monoisotopic (exact) mass is 376 g/mol. The topological polar surface area (TPSA) is 77.2 Å². The van der Waals surface area contributed by atoms with Crippen LogP contribution in [-0.2, 0) is 14.1 Å². The first-order valence-corrected chi connectivity index (χ1v) is 9.08. The molecule has 0 unspecified atom stereocenters. The molecule has 1 aromatic carbocycles. The molecule has 1 aliphatic heterocycles. The Hall–Kier alpha value is -3.48. The van der Waals surface area contributed by atoms with Crippen LogP contribution in [0.3, 0.4) is 0 Å². The van der Waals surface area contributed by atoms with Crippen molar-refractivity contribution in [2.75, 3.05) is 13.1 Å². The molecule has 0 radical (unpaired) electrons. The van der Waals surface area contributed by atoms with Crippen molar-refractivity contribution in [2.24, 2.45) is 14.1 Å². The third-order valence-electron chi connectivity index (χ3n) is 5.16. The van der Waals surface area contributed by atoms with Crippen LogP contribution in [0, 0.1) is 0 Å². The van der Waals surface area contributed by atoms with Crippen molar-refractivity contribution < 1.29 is 4.79 Å². The van der Waals surface area contributed by atoms with Crippen LogP contribution in [0.25, 0.3) is 16.6 Å². The number of aromatic nitrogens is 3. The first-order chi connectivity index (χ1) is 13.5. The lowest BCUT2D eigenvalue weighted by molar-refractivity contribution is 0.0767. The van der Waals surface area contributed by atoms with Crippen LogP contribution in [0.15, 0.2) is 58.1 Å². The van der Waals surface area contributed by atoms with Gasteiger partial charge >= 0.3 is 5.69 Å². The number of fused-ring (bicyclic) bond motifs is 1. The van der Waals surface area contributed by atoms with E-state index < -0.39 is 11.2 Å². The fraction of sp³-hybridized carbons (Fsp3) is 0.238. The second kappa shape index (κ2) is 6.92. The minimum absolute atomic E-state index is 0.210. The molecule has 0 spiro atoms. The number of aryl methyl sites for hydroxylation is 1. The summed E-state index contributed by atoms with van der Waals surface area (Å²) in [5.41, 5.74) is 1.95. The van der Waals surface area contributed by atoms with E-state index in [2.05, 4.69) is 23.2 Å². The van der Waals surface area contributed by atoms with Crippen molar-refractivity contribution in [1.82, 2.24) is 19.0 Å². The van der Waals surface area contributed by atoms with Gasteiger partial charge in [0, 0.05) is 27.2 Å². The highest BCUT2D eigenvalue weighted by Crippen LogP contribution is 2.22. The summed E-state index contributed by atoms with van der Waals surface area (Å²) < 4.78 is 2.32. The average Bonchev–Trinajstić information content (AvgIpc) is 2.76. The highest BCUT2D eigenvalue weighted by molar-refractivity contribution is 5.95. The smallest absolute Gasteiger partial charge is 0.332 e. The van der Waals surface area contributed by atoms with Crippen molar-refractivity contribution in [3.05, 3.63) is 80.6 Å². The van der Waals surface area contributed by atoms with Crippen LogP contribution in [0.1, 0.15) is 22.5 Å². The van der Waals surface area contributed by atoms with Crippen molar-refractivity contribution in [3.63, 3.8) is 0 Å². The van der Waals surface area contributed by atoms with Crippen LogP contribution in [-0.4, -0.2) is 38.0 Å². The number of hydrogen-bond donors (Lipinski definition) is 0. The van der Waals surface area contributed by atoms with Gasteiger partial charge in [0.05, 0.1) is 5.39 Å². The van der Waals surface area contributed by atoms with E-state index in [1.807, 2.05) is 18.2 Å². The van der Waals surface area contributed by atoms with Crippen LogP contribution in [0.2, 0.25) is 0 Å². The maximum absolute atomic E-state index is 12.9. The second-order valence-corrected chi connectivity index (χ2v) is 6.87. The van der Waals surface area contributed by atoms with Crippen LogP contribution in [0.5, 0.6) is 0 Å². The Morgan fingerprint density at radius 1 is 1.00 bits per heavy atom.